The number of amides is 1. The molecule has 0 aromatic heterocycles. The Balaban J connectivity index is 1.87. The monoisotopic (exact) mass is 354 g/mol. The van der Waals surface area contributed by atoms with E-state index in [-0.39, 0.29) is 24.4 Å². The van der Waals surface area contributed by atoms with Crippen molar-refractivity contribution in [3.63, 3.8) is 0 Å². The van der Waals surface area contributed by atoms with Gasteiger partial charge in [-0.1, -0.05) is 13.8 Å². The average molecular weight is 355 g/mol. The number of carbonyl (C=O) groups is 1. The fourth-order valence-electron chi connectivity index (χ4n) is 4.24. The van der Waals surface area contributed by atoms with E-state index in [0.717, 1.165) is 44.1 Å². The van der Waals surface area contributed by atoms with Crippen molar-refractivity contribution >= 4 is 5.91 Å². The Morgan fingerprint density at radius 1 is 1.24 bits per heavy atom. The summed E-state index contributed by atoms with van der Waals surface area (Å²) >= 11 is 0. The fourth-order valence-corrected chi connectivity index (χ4v) is 4.24. The second-order valence-electron chi connectivity index (χ2n) is 9.06. The summed E-state index contributed by atoms with van der Waals surface area (Å²) in [6.45, 7) is 9.20. The lowest BCUT2D eigenvalue weighted by molar-refractivity contribution is -0.142. The maximum absolute atomic E-state index is 12.6. The predicted octanol–water partition coefficient (Wildman–Crippen LogP) is 2.70. The number of carbonyl (C=O) groups excluding carboxylic acids is 1. The van der Waals surface area contributed by atoms with E-state index in [1.54, 1.807) is 13.8 Å². The number of rotatable bonds is 6. The molecule has 5 nitrogen and oxygen atoms in total. The first-order chi connectivity index (χ1) is 11.7. The maximum atomic E-state index is 12.6. The van der Waals surface area contributed by atoms with Crippen molar-refractivity contribution in [1.82, 2.24) is 4.90 Å². The van der Waals surface area contributed by atoms with E-state index in [9.17, 15) is 9.90 Å². The van der Waals surface area contributed by atoms with Gasteiger partial charge in [0, 0.05) is 12.6 Å². The van der Waals surface area contributed by atoms with E-state index in [2.05, 4.69) is 13.8 Å². The largest absolute Gasteiger partial charge is 0.390 e. The quantitative estimate of drug-likeness (QED) is 0.769. The maximum Gasteiger partial charge on any atom is 0.225 e. The number of ether oxygens (including phenoxy) is 1. The van der Waals surface area contributed by atoms with Crippen molar-refractivity contribution in [1.29, 1.82) is 0 Å². The highest BCUT2D eigenvalue weighted by Gasteiger charge is 2.35. The lowest BCUT2D eigenvalue weighted by atomic mass is 9.80. The molecule has 0 aromatic carbocycles. The van der Waals surface area contributed by atoms with Gasteiger partial charge in [-0.3, -0.25) is 4.79 Å². The molecule has 5 heteroatoms. The first kappa shape index (κ1) is 20.7. The van der Waals surface area contributed by atoms with Gasteiger partial charge >= 0.3 is 0 Å². The zero-order valence-corrected chi connectivity index (χ0v) is 16.5. The molecule has 0 radical (unpaired) electrons. The minimum Gasteiger partial charge on any atom is -0.390 e. The summed E-state index contributed by atoms with van der Waals surface area (Å²) in [5.41, 5.74) is 5.33. The molecule has 1 saturated carbocycles. The smallest absolute Gasteiger partial charge is 0.225 e. The van der Waals surface area contributed by atoms with Crippen LogP contribution in [0.5, 0.6) is 0 Å². The molecule has 2 rings (SSSR count). The van der Waals surface area contributed by atoms with Crippen LogP contribution >= 0.6 is 0 Å². The van der Waals surface area contributed by atoms with Crippen LogP contribution in [0.25, 0.3) is 0 Å². The molecule has 2 atom stereocenters. The second kappa shape index (κ2) is 8.83. The fraction of sp³-hybridized carbons (Fsp3) is 0.950. The van der Waals surface area contributed by atoms with Gasteiger partial charge in [-0.05, 0) is 64.2 Å². The number of nitrogens with two attached hydrogens (primary N) is 1. The molecule has 2 aliphatic rings. The molecule has 3 N–H and O–H groups in total. The van der Waals surface area contributed by atoms with Crippen LogP contribution < -0.4 is 5.73 Å². The zero-order chi connectivity index (χ0) is 18.6. The molecule has 146 valence electrons. The molecule has 1 saturated heterocycles. The Kier molecular flexibility index (Phi) is 7.29. The molecule has 0 unspecified atom stereocenters. The average Bonchev–Trinajstić information content (AvgIpc) is 2.52. The van der Waals surface area contributed by atoms with Gasteiger partial charge in [0.05, 0.1) is 30.8 Å². The minimum atomic E-state index is -0.987. The van der Waals surface area contributed by atoms with Gasteiger partial charge in [-0.2, -0.15) is 0 Å². The summed E-state index contributed by atoms with van der Waals surface area (Å²) in [4.78, 5) is 14.4. The summed E-state index contributed by atoms with van der Waals surface area (Å²) in [7, 11) is 0. The topological polar surface area (TPSA) is 75.8 Å². The Hall–Kier alpha value is -0.650. The number of likely N-dealkylation sites (tertiary alicyclic amines) is 1. The van der Waals surface area contributed by atoms with Crippen LogP contribution in [0.15, 0.2) is 0 Å². The van der Waals surface area contributed by atoms with Gasteiger partial charge in [-0.25, -0.2) is 0 Å². The van der Waals surface area contributed by atoms with Crippen molar-refractivity contribution in [3.8, 4) is 0 Å². The van der Waals surface area contributed by atoms with Gasteiger partial charge in [0.1, 0.15) is 0 Å². The molecule has 1 aliphatic carbocycles. The van der Waals surface area contributed by atoms with Crippen molar-refractivity contribution in [2.75, 3.05) is 13.2 Å². The Bertz CT molecular complexity index is 425. The number of hydrogen-bond donors (Lipinski definition) is 2. The number of nitrogens with zero attached hydrogens (tertiary/aromatic N) is 1. The Morgan fingerprint density at radius 2 is 1.88 bits per heavy atom. The van der Waals surface area contributed by atoms with Gasteiger partial charge in [-0.15, -0.1) is 0 Å². The first-order valence-electron chi connectivity index (χ1n) is 10.1. The molecule has 25 heavy (non-hydrogen) atoms. The van der Waals surface area contributed by atoms with Crippen LogP contribution in [0.4, 0.5) is 0 Å². The predicted molar refractivity (Wildman–Crippen MR) is 100 cm³/mol. The zero-order valence-electron chi connectivity index (χ0n) is 16.5. The van der Waals surface area contributed by atoms with E-state index in [1.807, 2.05) is 4.90 Å². The molecule has 1 amide bonds. The van der Waals surface area contributed by atoms with Gasteiger partial charge in [0.25, 0.3) is 0 Å². The van der Waals surface area contributed by atoms with E-state index in [4.69, 9.17) is 10.5 Å². The Morgan fingerprint density at radius 3 is 2.44 bits per heavy atom. The number of piperidine rings is 1. The van der Waals surface area contributed by atoms with Crippen LogP contribution in [0.1, 0.15) is 72.6 Å². The first-order valence-corrected chi connectivity index (χ1v) is 10.1. The number of hydrogen-bond acceptors (Lipinski definition) is 4. The highest BCUT2D eigenvalue weighted by atomic mass is 16.5. The lowest BCUT2D eigenvalue weighted by Crippen LogP contribution is -2.57. The van der Waals surface area contributed by atoms with E-state index >= 15 is 0 Å². The lowest BCUT2D eigenvalue weighted by Gasteiger charge is -2.41. The SMILES string of the molecule is CC(C)C1CCC(OC[C@H]2[C@@H](N)CCCN2C(=O)CC(C)(C)O)CC1. The van der Waals surface area contributed by atoms with Crippen molar-refractivity contribution in [3.05, 3.63) is 0 Å². The molecular formula is C20H38N2O3. The number of aliphatic hydroxyl groups is 1. The third-order valence-corrected chi connectivity index (χ3v) is 5.90. The van der Waals surface area contributed by atoms with Crippen molar-refractivity contribution in [2.45, 2.75) is 96.4 Å². The van der Waals surface area contributed by atoms with Crippen LogP contribution in [0.3, 0.4) is 0 Å². The van der Waals surface area contributed by atoms with Crippen LogP contribution in [-0.4, -0.2) is 52.9 Å². The summed E-state index contributed by atoms with van der Waals surface area (Å²) in [6, 6.07) is -0.0991. The Labute approximate surface area is 153 Å². The molecule has 0 bridgehead atoms. The second-order valence-corrected chi connectivity index (χ2v) is 9.06. The standard InChI is InChI=1S/C20H38N2O3/c1-14(2)15-7-9-16(10-8-15)25-13-18-17(21)6-5-11-22(18)19(23)12-20(3,4)24/h14-18,24H,5-13,21H2,1-4H3/t15?,16?,17-,18-/m0/s1. The highest BCUT2D eigenvalue weighted by molar-refractivity contribution is 5.77. The van der Waals surface area contributed by atoms with E-state index < -0.39 is 5.60 Å². The molecule has 2 fully saturated rings. The van der Waals surface area contributed by atoms with Crippen LogP contribution in [0, 0.1) is 11.8 Å². The summed E-state index contributed by atoms with van der Waals surface area (Å²) in [5.74, 6) is 1.56. The normalized spacial score (nSPS) is 31.4. The minimum absolute atomic E-state index is 0.0141. The van der Waals surface area contributed by atoms with E-state index in [1.165, 1.54) is 12.8 Å². The molecule has 0 spiro atoms. The molecule has 0 aromatic rings. The molecule has 1 aliphatic heterocycles. The molecular weight excluding hydrogens is 316 g/mol. The van der Waals surface area contributed by atoms with Gasteiger partial charge in [0.15, 0.2) is 0 Å². The molecule has 1 heterocycles. The summed E-state index contributed by atoms with van der Waals surface area (Å²) in [5, 5.41) is 9.96. The summed E-state index contributed by atoms with van der Waals surface area (Å²) in [6.07, 6.45) is 6.99. The third-order valence-electron chi connectivity index (χ3n) is 5.90. The van der Waals surface area contributed by atoms with Gasteiger partial charge < -0.3 is 20.5 Å². The third kappa shape index (κ3) is 6.22. The van der Waals surface area contributed by atoms with E-state index in [0.29, 0.717) is 12.7 Å². The van der Waals surface area contributed by atoms with Crippen molar-refractivity contribution in [2.24, 2.45) is 17.6 Å². The summed E-state index contributed by atoms with van der Waals surface area (Å²) < 4.78 is 6.20. The van der Waals surface area contributed by atoms with Crippen LogP contribution in [-0.2, 0) is 9.53 Å². The van der Waals surface area contributed by atoms with Gasteiger partial charge in [0.2, 0.25) is 5.91 Å². The van der Waals surface area contributed by atoms with Crippen molar-refractivity contribution < 1.29 is 14.6 Å². The highest BCUT2D eigenvalue weighted by Crippen LogP contribution is 2.31. The van der Waals surface area contributed by atoms with Crippen LogP contribution in [0.2, 0.25) is 0 Å².